The van der Waals surface area contributed by atoms with Crippen molar-refractivity contribution in [2.45, 2.75) is 206 Å². The van der Waals surface area contributed by atoms with Crippen molar-refractivity contribution in [1.82, 2.24) is 0 Å². The Labute approximate surface area is 300 Å². The van der Waals surface area contributed by atoms with Gasteiger partial charge in [0.1, 0.15) is 6.61 Å². The average Bonchev–Trinajstić information content (AvgIpc) is 3.07. The molecule has 0 saturated heterocycles. The number of phosphoric ester groups is 1. The molecule has 0 spiro atoms. The number of unbranched alkanes of at least 4 members (excludes halogenated alkanes) is 23. The van der Waals surface area contributed by atoms with Crippen LogP contribution in [0.4, 0.5) is 0 Å². The molecule has 0 fully saturated rings. The fraction of sp³-hybridized carbons (Fsp3) is 0.850. The van der Waals surface area contributed by atoms with Crippen molar-refractivity contribution in [2.75, 3.05) is 13.2 Å². The smallest absolute Gasteiger partial charge is 0.462 e. The second-order valence-electron chi connectivity index (χ2n) is 13.6. The third kappa shape index (κ3) is 39.2. The minimum atomic E-state index is -4.75. The van der Waals surface area contributed by atoms with E-state index in [1.807, 2.05) is 0 Å². The standard InChI is InChI=1S/C40H75O8P/c1-3-5-7-9-11-13-15-17-19-21-23-25-27-29-31-33-35-40(42)48-38(37-47-49(43,44)45)36-46-39(41)34-32-30-28-26-24-22-20-18-16-14-12-10-8-6-4-2/h18-21,38H,3-17,22-37H2,1-2H3,(H2,43,44,45)/b20-18-,21-19-/t38-/m1/s1. The lowest BCUT2D eigenvalue weighted by atomic mass is 10.1. The zero-order chi connectivity index (χ0) is 36.1. The van der Waals surface area contributed by atoms with Gasteiger partial charge in [0.05, 0.1) is 6.61 Å². The van der Waals surface area contributed by atoms with E-state index >= 15 is 0 Å². The van der Waals surface area contributed by atoms with Crippen molar-refractivity contribution in [2.24, 2.45) is 0 Å². The summed E-state index contributed by atoms with van der Waals surface area (Å²) in [6, 6.07) is 0. The molecule has 0 heterocycles. The second kappa shape index (κ2) is 36.3. The van der Waals surface area contributed by atoms with Crippen molar-refractivity contribution >= 4 is 19.8 Å². The lowest BCUT2D eigenvalue weighted by Gasteiger charge is -2.18. The van der Waals surface area contributed by atoms with Crippen LogP contribution in [0.3, 0.4) is 0 Å². The molecule has 0 aromatic heterocycles. The monoisotopic (exact) mass is 715 g/mol. The van der Waals surface area contributed by atoms with Gasteiger partial charge >= 0.3 is 19.8 Å². The molecule has 0 aliphatic carbocycles. The van der Waals surface area contributed by atoms with E-state index in [1.165, 1.54) is 96.3 Å². The van der Waals surface area contributed by atoms with Gasteiger partial charge in [0.15, 0.2) is 6.10 Å². The van der Waals surface area contributed by atoms with Crippen molar-refractivity contribution < 1.29 is 37.9 Å². The van der Waals surface area contributed by atoms with Crippen molar-refractivity contribution in [3.63, 3.8) is 0 Å². The van der Waals surface area contributed by atoms with Crippen LogP contribution in [0.15, 0.2) is 24.3 Å². The normalized spacial score (nSPS) is 12.7. The highest BCUT2D eigenvalue weighted by molar-refractivity contribution is 7.46. The van der Waals surface area contributed by atoms with Crippen LogP contribution in [0.5, 0.6) is 0 Å². The first-order valence-electron chi connectivity index (χ1n) is 20.1. The Balaban J connectivity index is 3.95. The predicted molar refractivity (Wildman–Crippen MR) is 202 cm³/mol. The molecule has 0 unspecified atom stereocenters. The molecule has 0 rings (SSSR count). The fourth-order valence-electron chi connectivity index (χ4n) is 5.66. The maximum Gasteiger partial charge on any atom is 0.469 e. The summed E-state index contributed by atoms with van der Waals surface area (Å²) in [6.07, 6.45) is 40.4. The van der Waals surface area contributed by atoms with E-state index in [1.54, 1.807) is 0 Å². The molecule has 2 N–H and O–H groups in total. The summed E-state index contributed by atoms with van der Waals surface area (Å²) in [5.74, 6) is -0.900. The Bertz CT molecular complexity index is 853. The highest BCUT2D eigenvalue weighted by atomic mass is 31.2. The summed E-state index contributed by atoms with van der Waals surface area (Å²) in [5, 5.41) is 0. The topological polar surface area (TPSA) is 119 Å². The largest absolute Gasteiger partial charge is 0.469 e. The SMILES string of the molecule is CCCCCCCC/C=C\CCCCCCCC(=O)OC[C@H](COP(=O)(O)O)OC(=O)CCCCCCC/C=C\CCCCCCCCC. The van der Waals surface area contributed by atoms with Gasteiger partial charge in [0.2, 0.25) is 0 Å². The molecule has 0 aliphatic heterocycles. The molecule has 0 radical (unpaired) electrons. The molecule has 0 bridgehead atoms. The molecule has 0 aromatic rings. The molecule has 288 valence electrons. The van der Waals surface area contributed by atoms with Gasteiger partial charge in [-0.25, -0.2) is 4.57 Å². The van der Waals surface area contributed by atoms with E-state index in [-0.39, 0.29) is 19.4 Å². The van der Waals surface area contributed by atoms with E-state index in [0.29, 0.717) is 12.8 Å². The molecule has 0 saturated carbocycles. The molecule has 49 heavy (non-hydrogen) atoms. The summed E-state index contributed by atoms with van der Waals surface area (Å²) in [7, 11) is -4.75. The highest BCUT2D eigenvalue weighted by Crippen LogP contribution is 2.36. The van der Waals surface area contributed by atoms with Crippen LogP contribution in [-0.4, -0.2) is 41.0 Å². The van der Waals surface area contributed by atoms with Crippen molar-refractivity contribution in [3.8, 4) is 0 Å². The van der Waals surface area contributed by atoms with Gasteiger partial charge in [0, 0.05) is 12.8 Å². The third-order valence-corrected chi connectivity index (χ3v) is 9.18. The number of carbonyl (C=O) groups excluding carboxylic acids is 2. The number of allylic oxidation sites excluding steroid dienone is 4. The van der Waals surface area contributed by atoms with Gasteiger partial charge in [-0.1, -0.05) is 147 Å². The van der Waals surface area contributed by atoms with E-state index in [2.05, 4.69) is 42.7 Å². The fourth-order valence-corrected chi connectivity index (χ4v) is 6.02. The second-order valence-corrected chi connectivity index (χ2v) is 14.8. The third-order valence-electron chi connectivity index (χ3n) is 8.69. The van der Waals surface area contributed by atoms with Crippen LogP contribution in [0.2, 0.25) is 0 Å². The molecule has 1 atom stereocenters. The highest BCUT2D eigenvalue weighted by Gasteiger charge is 2.22. The van der Waals surface area contributed by atoms with Crippen molar-refractivity contribution in [3.05, 3.63) is 24.3 Å². The number of hydrogen-bond acceptors (Lipinski definition) is 6. The van der Waals surface area contributed by atoms with Gasteiger partial charge in [-0.3, -0.25) is 14.1 Å². The number of esters is 2. The minimum Gasteiger partial charge on any atom is -0.462 e. The molecule has 9 heteroatoms. The van der Waals surface area contributed by atoms with Gasteiger partial charge < -0.3 is 19.3 Å². The van der Waals surface area contributed by atoms with Crippen molar-refractivity contribution in [1.29, 1.82) is 0 Å². The lowest BCUT2D eigenvalue weighted by molar-refractivity contribution is -0.161. The summed E-state index contributed by atoms with van der Waals surface area (Å²) in [4.78, 5) is 42.8. The number of rotatable bonds is 37. The lowest BCUT2D eigenvalue weighted by Crippen LogP contribution is -2.29. The van der Waals surface area contributed by atoms with E-state index in [4.69, 9.17) is 19.3 Å². The van der Waals surface area contributed by atoms with E-state index < -0.39 is 32.5 Å². The van der Waals surface area contributed by atoms with Crippen LogP contribution >= 0.6 is 7.82 Å². The molecule has 0 aliphatic rings. The first-order valence-corrected chi connectivity index (χ1v) is 21.7. The first kappa shape index (κ1) is 47.5. The quantitative estimate of drug-likeness (QED) is 0.0282. The van der Waals surface area contributed by atoms with Gasteiger partial charge in [-0.2, -0.15) is 0 Å². The Morgan fingerprint density at radius 1 is 0.510 bits per heavy atom. The average molecular weight is 715 g/mol. The van der Waals surface area contributed by atoms with Crippen LogP contribution in [0, 0.1) is 0 Å². The first-order chi connectivity index (χ1) is 23.8. The summed E-state index contributed by atoms with van der Waals surface area (Å²) >= 11 is 0. The Morgan fingerprint density at radius 2 is 0.857 bits per heavy atom. The number of carbonyl (C=O) groups is 2. The molecule has 0 amide bonds. The maximum atomic E-state index is 12.4. The Morgan fingerprint density at radius 3 is 1.24 bits per heavy atom. The maximum absolute atomic E-state index is 12.4. The van der Waals surface area contributed by atoms with Gasteiger partial charge in [0.25, 0.3) is 0 Å². The van der Waals surface area contributed by atoms with Gasteiger partial charge in [-0.15, -0.1) is 0 Å². The van der Waals surface area contributed by atoms with Crippen LogP contribution in [-0.2, 0) is 28.2 Å². The summed E-state index contributed by atoms with van der Waals surface area (Å²) in [5.41, 5.74) is 0. The minimum absolute atomic E-state index is 0.202. The molecular formula is C40H75O8P. The van der Waals surface area contributed by atoms with Crippen LogP contribution in [0.1, 0.15) is 200 Å². The predicted octanol–water partition coefficient (Wildman–Crippen LogP) is 12.0. The molecule has 8 nitrogen and oxygen atoms in total. The number of phosphoric acid groups is 1. The van der Waals surface area contributed by atoms with Crippen LogP contribution in [0.25, 0.3) is 0 Å². The van der Waals surface area contributed by atoms with E-state index in [9.17, 15) is 14.2 Å². The summed E-state index contributed by atoms with van der Waals surface area (Å²) in [6.45, 7) is 3.67. The number of hydrogen-bond donors (Lipinski definition) is 2. The zero-order valence-corrected chi connectivity index (χ0v) is 32.5. The zero-order valence-electron chi connectivity index (χ0n) is 31.6. The van der Waals surface area contributed by atoms with E-state index in [0.717, 1.165) is 64.2 Å². The van der Waals surface area contributed by atoms with Gasteiger partial charge in [-0.05, 0) is 64.2 Å². The number of ether oxygens (including phenoxy) is 2. The Kier molecular flexibility index (Phi) is 35.2. The molecular weight excluding hydrogens is 639 g/mol. The Hall–Kier alpha value is -1.47. The summed E-state index contributed by atoms with van der Waals surface area (Å²) < 4.78 is 26.3. The molecule has 0 aromatic carbocycles. The van der Waals surface area contributed by atoms with Crippen LogP contribution < -0.4 is 0 Å².